The van der Waals surface area contributed by atoms with E-state index in [1.54, 1.807) is 13.8 Å². The maximum atomic E-state index is 13.8. The van der Waals surface area contributed by atoms with Crippen LogP contribution >= 0.6 is 0 Å². The molecule has 0 spiro atoms. The molecule has 2 fully saturated rings. The molecule has 10 heteroatoms. The van der Waals surface area contributed by atoms with Gasteiger partial charge in [0.1, 0.15) is 18.1 Å². The third-order valence-corrected chi connectivity index (χ3v) is 7.16. The molecule has 0 bridgehead atoms. The Hall–Kier alpha value is -3.40. The van der Waals surface area contributed by atoms with Gasteiger partial charge < -0.3 is 30.9 Å². The monoisotopic (exact) mass is 497 g/mol. The molecule has 1 aromatic heterocycles. The number of nitrogens with zero attached hydrogens (tertiary/aromatic N) is 1. The van der Waals surface area contributed by atoms with Crippen LogP contribution in [0.5, 0.6) is 0 Å². The van der Waals surface area contributed by atoms with Crippen molar-refractivity contribution in [1.82, 2.24) is 25.8 Å². The molecule has 0 radical (unpaired) electrons. The van der Waals surface area contributed by atoms with Crippen LogP contribution in [0.4, 0.5) is 0 Å². The number of aromatic amines is 1. The van der Waals surface area contributed by atoms with E-state index in [1.807, 2.05) is 30.5 Å². The molecule has 2 aromatic rings. The van der Waals surface area contributed by atoms with E-state index in [-0.39, 0.29) is 30.2 Å². The number of carbonyl (C=O) groups excluding carboxylic acids is 3. The first kappa shape index (κ1) is 25.7. The highest BCUT2D eigenvalue weighted by molar-refractivity contribution is 5.95. The average Bonchev–Trinajstić information content (AvgIpc) is 3.62. The summed E-state index contributed by atoms with van der Waals surface area (Å²) >= 11 is 0. The molecule has 3 amide bonds. The van der Waals surface area contributed by atoms with Crippen LogP contribution in [0.25, 0.3) is 10.9 Å². The second-order valence-corrected chi connectivity index (χ2v) is 10.0. The molecule has 1 aromatic carbocycles. The van der Waals surface area contributed by atoms with Crippen molar-refractivity contribution in [1.29, 1.82) is 0 Å². The lowest BCUT2D eigenvalue weighted by atomic mass is 10.0. The summed E-state index contributed by atoms with van der Waals surface area (Å²) < 4.78 is 0. The van der Waals surface area contributed by atoms with Gasteiger partial charge in [-0.25, -0.2) is 4.79 Å². The summed E-state index contributed by atoms with van der Waals surface area (Å²) in [6, 6.07) is 4.75. The largest absolute Gasteiger partial charge is 0.480 e. The smallest absolute Gasteiger partial charge is 0.326 e. The summed E-state index contributed by atoms with van der Waals surface area (Å²) in [5.41, 5.74) is 1.84. The fourth-order valence-corrected chi connectivity index (χ4v) is 5.17. The molecule has 4 unspecified atom stereocenters. The minimum absolute atomic E-state index is 0.225. The highest BCUT2D eigenvalue weighted by atomic mass is 16.4. The van der Waals surface area contributed by atoms with Gasteiger partial charge in [0.15, 0.2) is 0 Å². The van der Waals surface area contributed by atoms with Crippen LogP contribution in [-0.4, -0.2) is 75.9 Å². The Morgan fingerprint density at radius 1 is 1.08 bits per heavy atom. The lowest BCUT2D eigenvalue weighted by Gasteiger charge is -2.30. The molecule has 5 N–H and O–H groups in total. The lowest BCUT2D eigenvalue weighted by Crippen LogP contribution is -2.57. The number of aromatic nitrogens is 1. The van der Waals surface area contributed by atoms with E-state index in [9.17, 15) is 24.3 Å². The van der Waals surface area contributed by atoms with Crippen LogP contribution in [-0.2, 0) is 25.6 Å². The maximum Gasteiger partial charge on any atom is 0.326 e. The van der Waals surface area contributed by atoms with Gasteiger partial charge in [-0.1, -0.05) is 32.0 Å². The number of fused-ring (bicyclic) bond motifs is 1. The SMILES string of the molecule is CC(C)C(NC(=O)C1CCCN1C(=O)C(Cc1c[nH]c2ccccc12)NC(=O)C1CCCN1)C(=O)O. The molecule has 0 aliphatic carbocycles. The highest BCUT2D eigenvalue weighted by Crippen LogP contribution is 2.23. The van der Waals surface area contributed by atoms with Gasteiger partial charge in [0, 0.05) is 30.1 Å². The van der Waals surface area contributed by atoms with Gasteiger partial charge in [-0.3, -0.25) is 14.4 Å². The predicted octanol–water partition coefficient (Wildman–Crippen LogP) is 1.16. The van der Waals surface area contributed by atoms with Crippen LogP contribution < -0.4 is 16.0 Å². The van der Waals surface area contributed by atoms with Crippen molar-refractivity contribution in [3.05, 3.63) is 36.0 Å². The molecule has 0 saturated carbocycles. The molecular formula is C26H35N5O5. The number of carboxylic acid groups (broad SMARTS) is 1. The Kier molecular flexibility index (Phi) is 7.93. The van der Waals surface area contributed by atoms with Gasteiger partial charge >= 0.3 is 5.97 Å². The number of H-pyrrole nitrogens is 1. The van der Waals surface area contributed by atoms with Crippen molar-refractivity contribution in [3.63, 3.8) is 0 Å². The second-order valence-electron chi connectivity index (χ2n) is 10.0. The van der Waals surface area contributed by atoms with Crippen molar-refractivity contribution in [2.75, 3.05) is 13.1 Å². The number of hydrogen-bond donors (Lipinski definition) is 5. The topological polar surface area (TPSA) is 144 Å². The number of carboxylic acids is 1. The summed E-state index contributed by atoms with van der Waals surface area (Å²) in [5.74, 6) is -2.44. The van der Waals surface area contributed by atoms with Crippen molar-refractivity contribution < 1.29 is 24.3 Å². The van der Waals surface area contributed by atoms with Crippen molar-refractivity contribution in [2.45, 2.75) is 70.1 Å². The average molecular weight is 498 g/mol. The quantitative estimate of drug-likeness (QED) is 0.352. The van der Waals surface area contributed by atoms with Gasteiger partial charge in [-0.2, -0.15) is 0 Å². The zero-order chi connectivity index (χ0) is 25.8. The molecule has 194 valence electrons. The number of amides is 3. The molecule has 4 atom stereocenters. The first-order valence-corrected chi connectivity index (χ1v) is 12.7. The van der Waals surface area contributed by atoms with Crippen LogP contribution in [0.1, 0.15) is 45.1 Å². The van der Waals surface area contributed by atoms with E-state index in [4.69, 9.17) is 0 Å². The number of aliphatic carboxylic acids is 1. The lowest BCUT2D eigenvalue weighted by molar-refractivity contribution is -0.145. The number of benzene rings is 1. The molecule has 10 nitrogen and oxygen atoms in total. The van der Waals surface area contributed by atoms with Crippen LogP contribution in [0.2, 0.25) is 0 Å². The van der Waals surface area contributed by atoms with Crippen molar-refractivity contribution in [2.24, 2.45) is 5.92 Å². The minimum atomic E-state index is -1.11. The molecule has 2 saturated heterocycles. The zero-order valence-electron chi connectivity index (χ0n) is 20.8. The third kappa shape index (κ3) is 5.53. The Bertz CT molecular complexity index is 1120. The summed E-state index contributed by atoms with van der Waals surface area (Å²) in [6.45, 7) is 4.58. The Labute approximate surface area is 210 Å². The van der Waals surface area contributed by atoms with E-state index >= 15 is 0 Å². The van der Waals surface area contributed by atoms with Gasteiger partial charge in [0.25, 0.3) is 0 Å². The van der Waals surface area contributed by atoms with E-state index in [2.05, 4.69) is 20.9 Å². The van der Waals surface area contributed by atoms with Gasteiger partial charge in [0.05, 0.1) is 6.04 Å². The molecule has 2 aliphatic heterocycles. The molecule has 2 aliphatic rings. The summed E-state index contributed by atoms with van der Waals surface area (Å²) in [7, 11) is 0. The number of likely N-dealkylation sites (tertiary alicyclic amines) is 1. The van der Waals surface area contributed by atoms with E-state index < -0.39 is 30.0 Å². The van der Waals surface area contributed by atoms with E-state index in [1.165, 1.54) is 4.90 Å². The Morgan fingerprint density at radius 2 is 1.86 bits per heavy atom. The van der Waals surface area contributed by atoms with E-state index in [0.717, 1.165) is 29.4 Å². The number of para-hydroxylation sites is 1. The van der Waals surface area contributed by atoms with Gasteiger partial charge in [0.2, 0.25) is 17.7 Å². The minimum Gasteiger partial charge on any atom is -0.480 e. The fourth-order valence-electron chi connectivity index (χ4n) is 5.17. The number of rotatable bonds is 9. The maximum absolute atomic E-state index is 13.8. The van der Waals surface area contributed by atoms with Crippen LogP contribution in [0.3, 0.4) is 0 Å². The third-order valence-electron chi connectivity index (χ3n) is 7.16. The van der Waals surface area contributed by atoms with Crippen LogP contribution in [0, 0.1) is 5.92 Å². The standard InChI is InChI=1S/C26H35N5O5/c1-15(2)22(26(35)36)30-24(33)21-10-6-12-31(21)25(34)20(29-23(32)19-9-5-11-27-19)13-16-14-28-18-8-4-3-7-17(16)18/h3-4,7-8,14-15,19-22,27-28H,5-6,9-13H2,1-2H3,(H,29,32)(H,30,33)(H,35,36). The highest BCUT2D eigenvalue weighted by Gasteiger charge is 2.40. The molecule has 3 heterocycles. The van der Waals surface area contributed by atoms with Crippen molar-refractivity contribution >= 4 is 34.6 Å². The van der Waals surface area contributed by atoms with Gasteiger partial charge in [-0.05, 0) is 49.8 Å². The van der Waals surface area contributed by atoms with Crippen molar-refractivity contribution in [3.8, 4) is 0 Å². The number of carbonyl (C=O) groups is 4. The normalized spacial score (nSPS) is 21.5. The van der Waals surface area contributed by atoms with E-state index in [0.29, 0.717) is 25.8 Å². The van der Waals surface area contributed by atoms with Crippen LogP contribution in [0.15, 0.2) is 30.5 Å². The first-order valence-electron chi connectivity index (χ1n) is 12.7. The zero-order valence-corrected chi connectivity index (χ0v) is 20.8. The molecule has 4 rings (SSSR count). The Balaban J connectivity index is 1.55. The predicted molar refractivity (Wildman–Crippen MR) is 134 cm³/mol. The first-order chi connectivity index (χ1) is 17.3. The van der Waals surface area contributed by atoms with Gasteiger partial charge in [-0.15, -0.1) is 0 Å². The Morgan fingerprint density at radius 3 is 2.56 bits per heavy atom. The summed E-state index contributed by atoms with van der Waals surface area (Å²) in [6.07, 6.45) is 4.80. The number of hydrogen-bond acceptors (Lipinski definition) is 5. The second kappa shape index (κ2) is 11.1. The summed E-state index contributed by atoms with van der Waals surface area (Å²) in [5, 5.41) is 19.2. The molecular weight excluding hydrogens is 462 g/mol. The molecule has 36 heavy (non-hydrogen) atoms. The summed E-state index contributed by atoms with van der Waals surface area (Å²) in [4.78, 5) is 56.1. The fraction of sp³-hybridized carbons (Fsp3) is 0.538. The number of nitrogens with one attached hydrogen (secondary N) is 4.